The fourth-order valence-corrected chi connectivity index (χ4v) is 4.59. The molecule has 1 aliphatic rings. The standard InChI is InChI=1S/C31H23N3O/c32-20-30(29-19-28(25-11-5-2-6-12-25)26-13-7-8-14-27(26)29)31(35)34-33-21-22-15-17-24(18-16-22)23-9-3-1-4-10-23/h1-18,21,28H,19H2,(H,34,35). The maximum atomic E-state index is 12.9. The molecule has 1 unspecified atom stereocenters. The Morgan fingerprint density at radius 1 is 0.829 bits per heavy atom. The van der Waals surface area contributed by atoms with Gasteiger partial charge in [-0.25, -0.2) is 5.43 Å². The summed E-state index contributed by atoms with van der Waals surface area (Å²) in [7, 11) is 0. The van der Waals surface area contributed by atoms with Gasteiger partial charge in [0.2, 0.25) is 0 Å². The fraction of sp³-hybridized carbons (Fsp3) is 0.0645. The Balaban J connectivity index is 1.35. The number of nitrogens with zero attached hydrogens (tertiary/aromatic N) is 2. The molecule has 168 valence electrons. The number of hydrazone groups is 1. The molecule has 1 N–H and O–H groups in total. The smallest absolute Gasteiger partial charge is 0.267 e. The van der Waals surface area contributed by atoms with Crippen molar-refractivity contribution in [3.63, 3.8) is 0 Å². The number of nitriles is 1. The normalized spacial score (nSPS) is 15.9. The highest BCUT2D eigenvalue weighted by atomic mass is 16.2. The second kappa shape index (κ2) is 10.0. The quantitative estimate of drug-likeness (QED) is 0.166. The number of carbonyl (C=O) groups excluding carboxylic acids is 1. The van der Waals surface area contributed by atoms with Crippen LogP contribution in [0.4, 0.5) is 0 Å². The van der Waals surface area contributed by atoms with Gasteiger partial charge < -0.3 is 0 Å². The minimum Gasteiger partial charge on any atom is -0.267 e. The zero-order chi connectivity index (χ0) is 24.0. The predicted molar refractivity (Wildman–Crippen MR) is 139 cm³/mol. The van der Waals surface area contributed by atoms with Gasteiger partial charge in [-0.1, -0.05) is 109 Å². The summed E-state index contributed by atoms with van der Waals surface area (Å²) in [6, 6.07) is 38.3. The minimum atomic E-state index is -0.497. The number of carbonyl (C=O) groups is 1. The maximum Gasteiger partial charge on any atom is 0.282 e. The van der Waals surface area contributed by atoms with E-state index in [0.29, 0.717) is 6.42 Å². The predicted octanol–water partition coefficient (Wildman–Crippen LogP) is 6.32. The van der Waals surface area contributed by atoms with Crippen molar-refractivity contribution in [3.8, 4) is 17.2 Å². The Kier molecular flexibility index (Phi) is 6.32. The van der Waals surface area contributed by atoms with Crippen LogP contribution in [0.25, 0.3) is 16.7 Å². The van der Waals surface area contributed by atoms with Gasteiger partial charge in [-0.2, -0.15) is 10.4 Å². The number of hydrogen-bond donors (Lipinski definition) is 1. The van der Waals surface area contributed by atoms with Crippen LogP contribution in [0.3, 0.4) is 0 Å². The summed E-state index contributed by atoms with van der Waals surface area (Å²) in [5, 5.41) is 14.0. The van der Waals surface area contributed by atoms with Crippen LogP contribution in [-0.2, 0) is 4.79 Å². The SMILES string of the molecule is N#CC(C(=O)NN=Cc1ccc(-c2ccccc2)cc1)=C1CC(c2ccccc2)c2ccccc21. The van der Waals surface area contributed by atoms with Gasteiger partial charge >= 0.3 is 0 Å². The van der Waals surface area contributed by atoms with Gasteiger partial charge in [-0.15, -0.1) is 0 Å². The van der Waals surface area contributed by atoms with Crippen LogP contribution in [0.1, 0.15) is 34.6 Å². The number of nitrogens with one attached hydrogen (secondary N) is 1. The Bertz CT molecular complexity index is 1450. The zero-order valence-corrected chi connectivity index (χ0v) is 19.1. The first kappa shape index (κ1) is 22.1. The lowest BCUT2D eigenvalue weighted by Gasteiger charge is -2.11. The van der Waals surface area contributed by atoms with Crippen LogP contribution in [0.15, 0.2) is 120 Å². The lowest BCUT2D eigenvalue weighted by Crippen LogP contribution is -2.20. The zero-order valence-electron chi connectivity index (χ0n) is 19.1. The summed E-state index contributed by atoms with van der Waals surface area (Å²) in [6.07, 6.45) is 2.19. The van der Waals surface area contributed by atoms with Gasteiger partial charge in [0.15, 0.2) is 0 Å². The van der Waals surface area contributed by atoms with Crippen LogP contribution in [0.2, 0.25) is 0 Å². The first-order valence-corrected chi connectivity index (χ1v) is 11.5. The molecule has 0 saturated heterocycles. The summed E-state index contributed by atoms with van der Waals surface area (Å²) in [5.41, 5.74) is 9.76. The average molecular weight is 454 g/mol. The fourth-order valence-electron chi connectivity index (χ4n) is 4.59. The van der Waals surface area contributed by atoms with Crippen LogP contribution >= 0.6 is 0 Å². The molecule has 4 heteroatoms. The van der Waals surface area contributed by atoms with Crippen molar-refractivity contribution >= 4 is 17.7 Å². The summed E-state index contributed by atoms with van der Waals surface area (Å²) in [6.45, 7) is 0. The van der Waals surface area contributed by atoms with E-state index in [9.17, 15) is 10.1 Å². The number of allylic oxidation sites excluding steroid dienone is 1. The lowest BCUT2D eigenvalue weighted by molar-refractivity contribution is -0.117. The molecular weight excluding hydrogens is 430 g/mol. The molecule has 0 radical (unpaired) electrons. The summed E-state index contributed by atoms with van der Waals surface area (Å²) < 4.78 is 0. The number of amides is 1. The van der Waals surface area contributed by atoms with Crippen molar-refractivity contribution in [3.05, 3.63) is 137 Å². The molecule has 4 aromatic rings. The van der Waals surface area contributed by atoms with Crippen molar-refractivity contribution in [1.82, 2.24) is 5.43 Å². The van der Waals surface area contributed by atoms with E-state index in [0.717, 1.165) is 33.4 Å². The van der Waals surface area contributed by atoms with E-state index in [1.807, 2.05) is 78.9 Å². The summed E-state index contributed by atoms with van der Waals surface area (Å²) in [5.74, 6) is -0.381. The monoisotopic (exact) mass is 453 g/mol. The molecule has 0 fully saturated rings. The molecule has 0 aliphatic heterocycles. The van der Waals surface area contributed by atoms with E-state index >= 15 is 0 Å². The molecule has 1 atom stereocenters. The van der Waals surface area contributed by atoms with Gasteiger partial charge in [0, 0.05) is 5.92 Å². The number of hydrogen-bond acceptors (Lipinski definition) is 3. The first-order chi connectivity index (χ1) is 17.2. The third kappa shape index (κ3) is 4.66. The number of fused-ring (bicyclic) bond motifs is 1. The molecule has 1 aliphatic carbocycles. The van der Waals surface area contributed by atoms with Crippen LogP contribution in [0.5, 0.6) is 0 Å². The van der Waals surface area contributed by atoms with E-state index in [4.69, 9.17) is 0 Å². The van der Waals surface area contributed by atoms with Gasteiger partial charge in [0.1, 0.15) is 11.6 Å². The topological polar surface area (TPSA) is 65.2 Å². The summed E-state index contributed by atoms with van der Waals surface area (Å²) in [4.78, 5) is 12.9. The molecule has 0 heterocycles. The van der Waals surface area contributed by atoms with E-state index in [-0.39, 0.29) is 11.5 Å². The molecule has 5 rings (SSSR count). The first-order valence-electron chi connectivity index (χ1n) is 11.5. The third-order valence-corrected chi connectivity index (χ3v) is 6.31. The van der Waals surface area contributed by atoms with Crippen LogP contribution in [-0.4, -0.2) is 12.1 Å². The lowest BCUT2D eigenvalue weighted by atomic mass is 9.93. The van der Waals surface area contributed by atoms with Gasteiger partial charge in [0.05, 0.1) is 6.21 Å². The number of benzene rings is 4. The second-order valence-electron chi connectivity index (χ2n) is 8.41. The molecule has 4 nitrogen and oxygen atoms in total. The molecule has 0 saturated carbocycles. The van der Waals surface area contributed by atoms with Crippen molar-refractivity contribution < 1.29 is 4.79 Å². The third-order valence-electron chi connectivity index (χ3n) is 6.31. The van der Waals surface area contributed by atoms with Crippen molar-refractivity contribution in [2.75, 3.05) is 0 Å². The maximum absolute atomic E-state index is 12.9. The Morgan fingerprint density at radius 2 is 1.46 bits per heavy atom. The van der Waals surface area contributed by atoms with E-state index < -0.39 is 5.91 Å². The van der Waals surface area contributed by atoms with Gasteiger partial charge in [0.25, 0.3) is 5.91 Å². The Labute approximate surface area is 204 Å². The van der Waals surface area contributed by atoms with Gasteiger partial charge in [-0.05, 0) is 45.4 Å². The minimum absolute atomic E-state index is 0.104. The largest absolute Gasteiger partial charge is 0.282 e. The van der Waals surface area contributed by atoms with E-state index in [2.05, 4.69) is 46.9 Å². The molecule has 35 heavy (non-hydrogen) atoms. The van der Waals surface area contributed by atoms with Crippen molar-refractivity contribution in [2.45, 2.75) is 12.3 Å². The molecule has 0 aromatic heterocycles. The van der Waals surface area contributed by atoms with E-state index in [1.165, 1.54) is 5.56 Å². The highest BCUT2D eigenvalue weighted by Crippen LogP contribution is 2.45. The highest BCUT2D eigenvalue weighted by molar-refractivity contribution is 6.06. The molecule has 0 bridgehead atoms. The molecule has 1 amide bonds. The summed E-state index contributed by atoms with van der Waals surface area (Å²) >= 11 is 0. The molecule has 0 spiro atoms. The van der Waals surface area contributed by atoms with Gasteiger partial charge in [-0.3, -0.25) is 4.79 Å². The second-order valence-corrected chi connectivity index (χ2v) is 8.41. The van der Waals surface area contributed by atoms with Crippen LogP contribution in [0, 0.1) is 11.3 Å². The number of rotatable bonds is 5. The Morgan fingerprint density at radius 3 is 2.17 bits per heavy atom. The van der Waals surface area contributed by atoms with E-state index in [1.54, 1.807) is 6.21 Å². The van der Waals surface area contributed by atoms with Crippen molar-refractivity contribution in [2.24, 2.45) is 5.10 Å². The van der Waals surface area contributed by atoms with Crippen molar-refractivity contribution in [1.29, 1.82) is 5.26 Å². The molecular formula is C31H23N3O. The average Bonchev–Trinajstić information content (AvgIpc) is 3.30. The van der Waals surface area contributed by atoms with Crippen LogP contribution < -0.4 is 5.43 Å². The highest BCUT2D eigenvalue weighted by Gasteiger charge is 2.31. The molecule has 4 aromatic carbocycles. The Hall–Kier alpha value is -4.75.